The van der Waals surface area contributed by atoms with E-state index in [1.807, 2.05) is 0 Å². The summed E-state index contributed by atoms with van der Waals surface area (Å²) in [7, 11) is 0. The molecule has 2 aliphatic heterocycles. The minimum Gasteiger partial charge on any atom is -0.347 e. The predicted molar refractivity (Wildman–Crippen MR) is 63.2 cm³/mol. The molecule has 6 nitrogen and oxygen atoms in total. The van der Waals surface area contributed by atoms with Crippen molar-refractivity contribution in [3.63, 3.8) is 0 Å². The third-order valence-electron chi connectivity index (χ3n) is 3.56. The van der Waals surface area contributed by atoms with Crippen LogP contribution in [0.4, 0.5) is 0 Å². The molecule has 0 saturated carbocycles. The maximum Gasteiger partial charge on any atom is 0.309 e. The highest BCUT2D eigenvalue weighted by Crippen LogP contribution is 2.27. The Morgan fingerprint density at radius 1 is 1.24 bits per heavy atom. The maximum atomic E-state index is 11.6. The summed E-state index contributed by atoms with van der Waals surface area (Å²) in [5.74, 6) is -1.11. The van der Waals surface area contributed by atoms with E-state index in [9.17, 15) is 9.59 Å². The Morgan fingerprint density at radius 2 is 2.06 bits per heavy atom. The first-order valence-electron chi connectivity index (χ1n) is 6.25. The number of nitrogens with one attached hydrogen (secondary N) is 2. The van der Waals surface area contributed by atoms with Gasteiger partial charge in [0.1, 0.15) is 0 Å². The molecular formula is C11H20N4O2. The molecule has 0 aromatic rings. The van der Waals surface area contributed by atoms with Gasteiger partial charge in [0.25, 0.3) is 0 Å². The van der Waals surface area contributed by atoms with Gasteiger partial charge in [-0.3, -0.25) is 14.5 Å². The molecule has 96 valence electrons. The monoisotopic (exact) mass is 240 g/mol. The van der Waals surface area contributed by atoms with Crippen molar-refractivity contribution >= 4 is 11.8 Å². The highest BCUT2D eigenvalue weighted by molar-refractivity contribution is 6.35. The number of carbonyl (C=O) groups is 2. The SMILES string of the molecule is NCCNC(=O)C(=O)NC1CCN2CCCC12. The molecule has 0 radical (unpaired) electrons. The summed E-state index contributed by atoms with van der Waals surface area (Å²) >= 11 is 0. The molecular weight excluding hydrogens is 220 g/mol. The Labute approximate surface area is 101 Å². The fourth-order valence-corrected chi connectivity index (χ4v) is 2.75. The van der Waals surface area contributed by atoms with Gasteiger partial charge in [0.15, 0.2) is 0 Å². The summed E-state index contributed by atoms with van der Waals surface area (Å²) in [5.41, 5.74) is 5.26. The van der Waals surface area contributed by atoms with Crippen molar-refractivity contribution in [1.29, 1.82) is 0 Å². The average molecular weight is 240 g/mol. The van der Waals surface area contributed by atoms with E-state index in [0.717, 1.165) is 25.9 Å². The summed E-state index contributed by atoms with van der Waals surface area (Å²) in [6, 6.07) is 0.565. The van der Waals surface area contributed by atoms with Crippen molar-refractivity contribution in [2.75, 3.05) is 26.2 Å². The van der Waals surface area contributed by atoms with Crippen LogP contribution in [0.3, 0.4) is 0 Å². The fourth-order valence-electron chi connectivity index (χ4n) is 2.75. The van der Waals surface area contributed by atoms with Gasteiger partial charge in [0.2, 0.25) is 0 Å². The standard InChI is InChI=1S/C11H20N4O2/c12-4-5-13-10(16)11(17)14-8-3-7-15-6-1-2-9(8)15/h8-9H,1-7,12H2,(H,13,16)(H,14,17). The smallest absolute Gasteiger partial charge is 0.309 e. The van der Waals surface area contributed by atoms with Gasteiger partial charge in [0.05, 0.1) is 0 Å². The highest BCUT2D eigenvalue weighted by atomic mass is 16.2. The van der Waals surface area contributed by atoms with Crippen molar-refractivity contribution in [3.05, 3.63) is 0 Å². The number of fused-ring (bicyclic) bond motifs is 1. The number of nitrogens with zero attached hydrogens (tertiary/aromatic N) is 1. The van der Waals surface area contributed by atoms with Crippen molar-refractivity contribution in [2.45, 2.75) is 31.3 Å². The zero-order valence-electron chi connectivity index (χ0n) is 9.95. The second kappa shape index (κ2) is 5.46. The zero-order chi connectivity index (χ0) is 12.3. The molecule has 6 heteroatoms. The van der Waals surface area contributed by atoms with E-state index in [2.05, 4.69) is 15.5 Å². The number of amides is 2. The molecule has 4 N–H and O–H groups in total. The molecule has 0 aromatic carbocycles. The van der Waals surface area contributed by atoms with E-state index in [-0.39, 0.29) is 6.04 Å². The van der Waals surface area contributed by atoms with Gasteiger partial charge < -0.3 is 16.4 Å². The number of rotatable bonds is 3. The van der Waals surface area contributed by atoms with Crippen LogP contribution in [0.2, 0.25) is 0 Å². The second-order valence-corrected chi connectivity index (χ2v) is 4.66. The summed E-state index contributed by atoms with van der Waals surface area (Å²) in [4.78, 5) is 25.4. The third-order valence-corrected chi connectivity index (χ3v) is 3.56. The van der Waals surface area contributed by atoms with Gasteiger partial charge in [0, 0.05) is 31.7 Å². The molecule has 0 spiro atoms. The van der Waals surface area contributed by atoms with E-state index in [0.29, 0.717) is 19.1 Å². The summed E-state index contributed by atoms with van der Waals surface area (Å²) < 4.78 is 0. The topological polar surface area (TPSA) is 87.5 Å². The van der Waals surface area contributed by atoms with Crippen LogP contribution in [0, 0.1) is 0 Å². The molecule has 2 atom stereocenters. The van der Waals surface area contributed by atoms with Gasteiger partial charge in [-0.1, -0.05) is 0 Å². The van der Waals surface area contributed by atoms with Crippen LogP contribution in [-0.2, 0) is 9.59 Å². The first-order valence-corrected chi connectivity index (χ1v) is 6.25. The van der Waals surface area contributed by atoms with Gasteiger partial charge in [-0.25, -0.2) is 0 Å². The normalized spacial score (nSPS) is 27.8. The van der Waals surface area contributed by atoms with Crippen LogP contribution in [0.15, 0.2) is 0 Å². The molecule has 17 heavy (non-hydrogen) atoms. The first kappa shape index (κ1) is 12.3. The van der Waals surface area contributed by atoms with E-state index in [1.54, 1.807) is 0 Å². The predicted octanol–water partition coefficient (Wildman–Crippen LogP) is -1.59. The van der Waals surface area contributed by atoms with Crippen LogP contribution >= 0.6 is 0 Å². The Kier molecular flexibility index (Phi) is 3.96. The van der Waals surface area contributed by atoms with Crippen LogP contribution in [0.1, 0.15) is 19.3 Å². The van der Waals surface area contributed by atoms with Gasteiger partial charge >= 0.3 is 11.8 Å². The Morgan fingerprint density at radius 3 is 2.82 bits per heavy atom. The van der Waals surface area contributed by atoms with Gasteiger partial charge in [-0.05, 0) is 25.8 Å². The summed E-state index contributed by atoms with van der Waals surface area (Å²) in [6.07, 6.45) is 3.26. The van der Waals surface area contributed by atoms with Crippen LogP contribution in [-0.4, -0.2) is 55.0 Å². The molecule has 2 unspecified atom stereocenters. The Hall–Kier alpha value is -1.14. The van der Waals surface area contributed by atoms with Crippen LogP contribution < -0.4 is 16.4 Å². The van der Waals surface area contributed by atoms with E-state index in [1.165, 1.54) is 6.42 Å². The molecule has 2 fully saturated rings. The molecule has 2 heterocycles. The average Bonchev–Trinajstić information content (AvgIpc) is 2.90. The van der Waals surface area contributed by atoms with E-state index in [4.69, 9.17) is 5.73 Å². The lowest BCUT2D eigenvalue weighted by Crippen LogP contribution is -2.48. The third kappa shape index (κ3) is 2.76. The fraction of sp³-hybridized carbons (Fsp3) is 0.818. The van der Waals surface area contributed by atoms with Crippen LogP contribution in [0.25, 0.3) is 0 Å². The number of hydrogen-bond acceptors (Lipinski definition) is 4. The quantitative estimate of drug-likeness (QED) is 0.519. The molecule has 2 aliphatic rings. The lowest BCUT2D eigenvalue weighted by molar-refractivity contribution is -0.139. The lowest BCUT2D eigenvalue weighted by Gasteiger charge is -2.20. The molecule has 2 saturated heterocycles. The number of carbonyl (C=O) groups excluding carboxylic acids is 2. The molecule has 2 amide bonds. The minimum atomic E-state index is -0.577. The first-order chi connectivity index (χ1) is 8.22. The second-order valence-electron chi connectivity index (χ2n) is 4.66. The maximum absolute atomic E-state index is 11.6. The Bertz CT molecular complexity index is 308. The van der Waals surface area contributed by atoms with Gasteiger partial charge in [-0.15, -0.1) is 0 Å². The molecule has 0 bridgehead atoms. The molecule has 2 rings (SSSR count). The largest absolute Gasteiger partial charge is 0.347 e. The Balaban J connectivity index is 1.80. The van der Waals surface area contributed by atoms with E-state index >= 15 is 0 Å². The minimum absolute atomic E-state index is 0.133. The summed E-state index contributed by atoms with van der Waals surface area (Å²) in [5, 5.41) is 5.30. The van der Waals surface area contributed by atoms with Crippen molar-refractivity contribution in [1.82, 2.24) is 15.5 Å². The molecule has 0 aromatic heterocycles. The number of hydrogen-bond donors (Lipinski definition) is 3. The van der Waals surface area contributed by atoms with Crippen molar-refractivity contribution in [3.8, 4) is 0 Å². The van der Waals surface area contributed by atoms with Crippen molar-refractivity contribution in [2.24, 2.45) is 5.73 Å². The highest BCUT2D eigenvalue weighted by Gasteiger charge is 2.38. The van der Waals surface area contributed by atoms with Crippen molar-refractivity contribution < 1.29 is 9.59 Å². The lowest BCUT2D eigenvalue weighted by atomic mass is 10.1. The van der Waals surface area contributed by atoms with E-state index < -0.39 is 11.8 Å². The van der Waals surface area contributed by atoms with Gasteiger partial charge in [-0.2, -0.15) is 0 Å². The zero-order valence-corrected chi connectivity index (χ0v) is 9.95. The molecule has 0 aliphatic carbocycles. The summed E-state index contributed by atoms with van der Waals surface area (Å²) in [6.45, 7) is 2.84. The number of nitrogens with two attached hydrogens (primary N) is 1. The van der Waals surface area contributed by atoms with Crippen LogP contribution in [0.5, 0.6) is 0 Å².